The van der Waals surface area contributed by atoms with Crippen molar-refractivity contribution < 1.29 is 19.1 Å². The molecule has 6 nitrogen and oxygen atoms in total. The van der Waals surface area contributed by atoms with E-state index in [1.54, 1.807) is 0 Å². The van der Waals surface area contributed by atoms with Gasteiger partial charge in [-0.2, -0.15) is 0 Å². The Morgan fingerprint density at radius 3 is 0.839 bits per heavy atom. The number of ether oxygens (including phenoxy) is 2. The maximum absolute atomic E-state index is 13.3. The monoisotopic (exact) mass is 877 g/mol. The van der Waals surface area contributed by atoms with Crippen LogP contribution in [0.25, 0.3) is 0 Å². The van der Waals surface area contributed by atoms with E-state index in [9.17, 15) is 9.59 Å². The van der Waals surface area contributed by atoms with Crippen molar-refractivity contribution in [2.45, 2.75) is 286 Å². The Kier molecular flexibility index (Phi) is 48.4. The summed E-state index contributed by atoms with van der Waals surface area (Å²) >= 11 is 0. The van der Waals surface area contributed by atoms with Gasteiger partial charge in [0.25, 0.3) is 0 Å². The van der Waals surface area contributed by atoms with Gasteiger partial charge in [0.05, 0.1) is 26.1 Å². The highest BCUT2D eigenvalue weighted by Gasteiger charge is 2.17. The van der Waals surface area contributed by atoms with Crippen LogP contribution in [0.15, 0.2) is 0 Å². The van der Waals surface area contributed by atoms with Gasteiger partial charge >= 0.3 is 11.9 Å². The van der Waals surface area contributed by atoms with Crippen LogP contribution >= 0.6 is 0 Å². The summed E-state index contributed by atoms with van der Waals surface area (Å²) < 4.78 is 12.1. The molecule has 0 rings (SSSR count). The van der Waals surface area contributed by atoms with Crippen LogP contribution in [-0.4, -0.2) is 74.2 Å². The van der Waals surface area contributed by atoms with Crippen LogP contribution in [0.3, 0.4) is 0 Å². The number of rotatable bonds is 51. The smallest absolute Gasteiger partial charge is 0.307 e. The minimum absolute atomic E-state index is 0.0722. The molecule has 6 heteroatoms. The fourth-order valence-electron chi connectivity index (χ4n) is 9.22. The molecule has 2 atom stereocenters. The second kappa shape index (κ2) is 49.3. The maximum atomic E-state index is 13.3. The molecule has 0 aromatic rings. The number of nitrogens with zero attached hydrogens (tertiary/aromatic N) is 2. The number of unbranched alkanes of at least 4 members (excludes halogenated alkanes) is 25. The zero-order valence-corrected chi connectivity index (χ0v) is 43.2. The Morgan fingerprint density at radius 2 is 0.565 bits per heavy atom. The van der Waals surface area contributed by atoms with E-state index in [0.717, 1.165) is 39.0 Å². The summed E-state index contributed by atoms with van der Waals surface area (Å²) in [5.74, 6) is 0.811. The first kappa shape index (κ1) is 60.9. The first-order valence-corrected chi connectivity index (χ1v) is 28.2. The molecule has 0 aromatic heterocycles. The molecule has 0 aliphatic rings. The minimum Gasteiger partial charge on any atom is -0.465 e. The normalized spacial score (nSPS) is 12.7. The van der Waals surface area contributed by atoms with Crippen molar-refractivity contribution >= 4 is 11.9 Å². The van der Waals surface area contributed by atoms with Crippen LogP contribution < -0.4 is 0 Å². The summed E-state index contributed by atoms with van der Waals surface area (Å²) in [5.41, 5.74) is 0. The van der Waals surface area contributed by atoms with Crippen molar-refractivity contribution in [3.63, 3.8) is 0 Å². The second-order valence-corrected chi connectivity index (χ2v) is 19.6. The lowest BCUT2D eigenvalue weighted by Gasteiger charge is -2.24. The molecule has 0 N–H and O–H groups in total. The van der Waals surface area contributed by atoms with E-state index >= 15 is 0 Å². The quantitative estimate of drug-likeness (QED) is 0.0448. The summed E-state index contributed by atoms with van der Waals surface area (Å²) in [6, 6.07) is 0. The highest BCUT2D eigenvalue weighted by molar-refractivity contribution is 5.70. The molecule has 0 saturated heterocycles. The summed E-state index contributed by atoms with van der Waals surface area (Å²) in [6.07, 6.45) is 47.2. The zero-order valence-electron chi connectivity index (χ0n) is 43.2. The fraction of sp³-hybridized carbons (Fsp3) is 0.964. The average Bonchev–Trinajstić information content (AvgIpc) is 3.27. The molecule has 0 aromatic carbocycles. The number of esters is 2. The van der Waals surface area contributed by atoms with Gasteiger partial charge in [0.2, 0.25) is 0 Å². The van der Waals surface area contributed by atoms with Crippen molar-refractivity contribution in [3.05, 3.63) is 0 Å². The topological polar surface area (TPSA) is 59.1 Å². The second-order valence-electron chi connectivity index (χ2n) is 19.6. The molecule has 0 spiro atoms. The van der Waals surface area contributed by atoms with E-state index in [4.69, 9.17) is 9.47 Å². The molecule has 0 amide bonds. The molecule has 0 bridgehead atoms. The first-order chi connectivity index (χ1) is 30.4. The highest BCUT2D eigenvalue weighted by Crippen LogP contribution is 2.22. The summed E-state index contributed by atoms with van der Waals surface area (Å²) in [5, 5.41) is 0. The Bertz CT molecular complexity index is 848. The Hall–Kier alpha value is -1.14. The van der Waals surface area contributed by atoms with Crippen LogP contribution in [-0.2, 0) is 19.1 Å². The predicted molar refractivity (Wildman–Crippen MR) is 271 cm³/mol. The minimum atomic E-state index is -0.0722. The lowest BCUT2D eigenvalue weighted by molar-refractivity contribution is -0.145. The molecule has 62 heavy (non-hydrogen) atoms. The van der Waals surface area contributed by atoms with E-state index in [2.05, 4.69) is 51.3 Å². The maximum Gasteiger partial charge on any atom is 0.307 e. The van der Waals surface area contributed by atoms with E-state index in [1.807, 2.05) is 0 Å². The van der Waals surface area contributed by atoms with Crippen molar-refractivity contribution in [2.75, 3.05) is 52.5 Å². The van der Waals surface area contributed by atoms with Gasteiger partial charge in [-0.25, -0.2) is 0 Å². The van der Waals surface area contributed by atoms with E-state index in [1.165, 1.54) is 218 Å². The number of carbonyl (C=O) groups excluding carboxylic acids is 2. The number of hydrogen-bond donors (Lipinski definition) is 0. The third-order valence-corrected chi connectivity index (χ3v) is 13.4. The molecule has 0 fully saturated rings. The Morgan fingerprint density at radius 1 is 0.306 bits per heavy atom. The zero-order chi connectivity index (χ0) is 45.4. The molecule has 0 radical (unpaired) electrons. The predicted octanol–water partition coefficient (Wildman–Crippen LogP) is 16.9. The summed E-state index contributed by atoms with van der Waals surface area (Å²) in [4.78, 5) is 31.5. The molecule has 0 heterocycles. The van der Waals surface area contributed by atoms with Gasteiger partial charge in [0, 0.05) is 13.1 Å². The largest absolute Gasteiger partial charge is 0.465 e. The van der Waals surface area contributed by atoms with Crippen molar-refractivity contribution in [1.82, 2.24) is 9.80 Å². The molecular weight excluding hydrogens is 765 g/mol. The van der Waals surface area contributed by atoms with Gasteiger partial charge < -0.3 is 19.3 Å². The van der Waals surface area contributed by atoms with Crippen molar-refractivity contribution in [3.8, 4) is 0 Å². The van der Waals surface area contributed by atoms with Gasteiger partial charge in [-0.3, -0.25) is 9.59 Å². The van der Waals surface area contributed by atoms with Gasteiger partial charge in [-0.1, -0.05) is 221 Å². The summed E-state index contributed by atoms with van der Waals surface area (Å²) in [6.45, 7) is 20.5. The van der Waals surface area contributed by atoms with Gasteiger partial charge in [-0.05, 0) is 89.4 Å². The van der Waals surface area contributed by atoms with Gasteiger partial charge in [0.1, 0.15) is 0 Å². The van der Waals surface area contributed by atoms with Crippen LogP contribution in [0, 0.1) is 11.8 Å². The Balaban J connectivity index is 5.22. The van der Waals surface area contributed by atoms with E-state index in [-0.39, 0.29) is 11.9 Å². The lowest BCUT2D eigenvalue weighted by Crippen LogP contribution is -2.32. The summed E-state index contributed by atoms with van der Waals surface area (Å²) in [7, 11) is 0. The SMILES string of the molecule is CCCCCCCCCCC(CCCCCCCC)COC(=O)CCN(CCCCN(CCC)CCC)CCC(=O)OCC(CCCCCCCC)CCCCCCCCCC. The number of carbonyl (C=O) groups is 2. The molecule has 0 aliphatic carbocycles. The average molecular weight is 878 g/mol. The van der Waals surface area contributed by atoms with E-state index < -0.39 is 0 Å². The molecular formula is C56H112N2O4. The standard InChI is InChI=1S/C56H112N2O4/c1-7-13-17-21-25-27-31-35-41-53(39-33-29-23-19-15-9-3)51-61-55(59)43-49-58(48-38-37-47-57(45-11-5)46-12-6)50-44-56(60)62-52-54(40-34-30-24-20-16-10-4)42-36-32-28-26-22-18-14-8-2/h53-54H,7-52H2,1-6H3. The highest BCUT2D eigenvalue weighted by atomic mass is 16.5. The van der Waals surface area contributed by atoms with Gasteiger partial charge in [0.15, 0.2) is 0 Å². The van der Waals surface area contributed by atoms with E-state index in [0.29, 0.717) is 51.0 Å². The lowest BCUT2D eigenvalue weighted by atomic mass is 9.94. The van der Waals surface area contributed by atoms with Crippen LogP contribution in [0.5, 0.6) is 0 Å². The third-order valence-electron chi connectivity index (χ3n) is 13.4. The fourth-order valence-corrected chi connectivity index (χ4v) is 9.22. The Labute approximate surface area is 389 Å². The molecule has 0 aliphatic heterocycles. The third kappa shape index (κ3) is 42.8. The van der Waals surface area contributed by atoms with Crippen LogP contribution in [0.1, 0.15) is 286 Å². The van der Waals surface area contributed by atoms with Crippen LogP contribution in [0.4, 0.5) is 0 Å². The molecule has 2 unspecified atom stereocenters. The molecule has 370 valence electrons. The number of hydrogen-bond acceptors (Lipinski definition) is 6. The first-order valence-electron chi connectivity index (χ1n) is 28.2. The van der Waals surface area contributed by atoms with Crippen molar-refractivity contribution in [2.24, 2.45) is 11.8 Å². The van der Waals surface area contributed by atoms with Gasteiger partial charge in [-0.15, -0.1) is 0 Å². The van der Waals surface area contributed by atoms with Crippen LogP contribution in [0.2, 0.25) is 0 Å². The van der Waals surface area contributed by atoms with Crippen molar-refractivity contribution in [1.29, 1.82) is 0 Å². The molecule has 0 saturated carbocycles.